The van der Waals surface area contributed by atoms with Gasteiger partial charge in [-0.3, -0.25) is 0 Å². The molecule has 4 rings (SSSR count). The van der Waals surface area contributed by atoms with Crippen LogP contribution in [0.25, 0.3) is 0 Å². The molecule has 138 valence electrons. The van der Waals surface area contributed by atoms with Gasteiger partial charge in [0.25, 0.3) is 0 Å². The van der Waals surface area contributed by atoms with E-state index in [9.17, 15) is 0 Å². The van der Waals surface area contributed by atoms with Crippen molar-refractivity contribution in [1.82, 2.24) is 4.98 Å². The van der Waals surface area contributed by atoms with Crippen LogP contribution in [0.2, 0.25) is 5.15 Å². The van der Waals surface area contributed by atoms with E-state index < -0.39 is 7.05 Å². The van der Waals surface area contributed by atoms with E-state index in [0.29, 0.717) is 5.15 Å². The first-order valence-electron chi connectivity index (χ1n) is 8.81. The van der Waals surface area contributed by atoms with Crippen LogP contribution in [0, 0.1) is 3.57 Å². The zero-order valence-electron chi connectivity index (χ0n) is 14.9. The van der Waals surface area contributed by atoms with Crippen LogP contribution in [-0.4, -0.2) is 4.98 Å². The molecule has 5 heteroatoms. The van der Waals surface area contributed by atoms with E-state index in [1.165, 1.54) is 15.9 Å². The van der Waals surface area contributed by atoms with Crippen molar-refractivity contribution in [3.05, 3.63) is 112 Å². The fourth-order valence-electron chi connectivity index (χ4n) is 3.20. The summed E-state index contributed by atoms with van der Waals surface area (Å²) in [5.74, 6) is 0. The normalized spacial score (nSPS) is 11.2. The van der Waals surface area contributed by atoms with Crippen LogP contribution < -0.4 is 15.9 Å². The average Bonchev–Trinajstić information content (AvgIpc) is 2.76. The molecular weight excluding hydrogens is 498 g/mol. The van der Waals surface area contributed by atoms with Crippen molar-refractivity contribution in [3.8, 4) is 0 Å². The van der Waals surface area contributed by atoms with Crippen LogP contribution in [0.3, 0.4) is 0 Å². The Morgan fingerprint density at radius 2 is 1.11 bits per heavy atom. The summed E-state index contributed by atoms with van der Waals surface area (Å²) in [5.41, 5.74) is 0.745. The average molecular weight is 515 g/mol. The summed E-state index contributed by atoms with van der Waals surface area (Å²) >= 11 is 8.79. The fraction of sp³-hybridized carbons (Fsp3) is 0. The lowest BCUT2D eigenvalue weighted by atomic mass is 10.4. The molecule has 0 aliphatic heterocycles. The summed E-state index contributed by atoms with van der Waals surface area (Å²) in [7, 11) is -2.33. The minimum atomic E-state index is -2.33. The van der Waals surface area contributed by atoms with Crippen molar-refractivity contribution < 1.29 is 0 Å². The third-order valence-corrected chi connectivity index (χ3v) is 9.25. The number of rotatable bonds is 4. The van der Waals surface area contributed by atoms with Crippen molar-refractivity contribution in [2.24, 2.45) is 4.74 Å². The van der Waals surface area contributed by atoms with Crippen molar-refractivity contribution in [2.75, 3.05) is 0 Å². The van der Waals surface area contributed by atoms with Gasteiger partial charge in [0.1, 0.15) is 5.69 Å². The molecule has 0 spiro atoms. The standard InChI is InChI=1S/C23H17ClIN2P/c24-23-22(21(25)16-17-26-23)27-28(18-10-4-1-5-11-18,19-12-6-2-7-13-19)20-14-8-3-9-15-20/h1-17H. The van der Waals surface area contributed by atoms with E-state index >= 15 is 0 Å². The Balaban J connectivity index is 2.18. The Hall–Kier alpha value is -1.94. The molecule has 28 heavy (non-hydrogen) atoms. The molecule has 0 atom stereocenters. The Bertz CT molecular complexity index is 1010. The number of hydrogen-bond donors (Lipinski definition) is 0. The second kappa shape index (κ2) is 8.60. The quantitative estimate of drug-likeness (QED) is 0.182. The van der Waals surface area contributed by atoms with Crippen molar-refractivity contribution in [3.63, 3.8) is 0 Å². The minimum Gasteiger partial charge on any atom is -0.250 e. The van der Waals surface area contributed by atoms with Crippen LogP contribution in [0.15, 0.2) is 108 Å². The summed E-state index contributed by atoms with van der Waals surface area (Å²) in [4.78, 5) is 4.29. The summed E-state index contributed by atoms with van der Waals surface area (Å²) in [6.45, 7) is 0. The first-order chi connectivity index (χ1) is 13.7. The smallest absolute Gasteiger partial charge is 0.155 e. The van der Waals surface area contributed by atoms with E-state index in [-0.39, 0.29) is 0 Å². The maximum atomic E-state index is 6.51. The lowest BCUT2D eigenvalue weighted by Gasteiger charge is -2.27. The molecule has 3 aromatic carbocycles. The topological polar surface area (TPSA) is 25.2 Å². The number of aromatic nitrogens is 1. The molecule has 0 saturated carbocycles. The van der Waals surface area contributed by atoms with Gasteiger partial charge in [0.2, 0.25) is 0 Å². The van der Waals surface area contributed by atoms with E-state index in [1.54, 1.807) is 6.20 Å². The second-order valence-electron chi connectivity index (χ2n) is 6.17. The van der Waals surface area contributed by atoms with Gasteiger partial charge in [0.05, 0.1) is 7.05 Å². The molecule has 0 unspecified atom stereocenters. The van der Waals surface area contributed by atoms with Crippen molar-refractivity contribution in [1.29, 1.82) is 0 Å². The molecule has 0 saturated heterocycles. The molecular formula is C23H17ClIN2P. The van der Waals surface area contributed by atoms with Gasteiger partial charge in [-0.15, -0.1) is 0 Å². The number of benzene rings is 3. The highest BCUT2D eigenvalue weighted by Gasteiger charge is 2.28. The van der Waals surface area contributed by atoms with Gasteiger partial charge in [0.15, 0.2) is 5.15 Å². The monoisotopic (exact) mass is 514 g/mol. The predicted molar refractivity (Wildman–Crippen MR) is 129 cm³/mol. The van der Waals surface area contributed by atoms with Crippen LogP contribution in [-0.2, 0) is 0 Å². The number of nitrogens with zero attached hydrogens (tertiary/aromatic N) is 2. The molecule has 0 amide bonds. The Labute approximate surface area is 183 Å². The predicted octanol–water partition coefficient (Wildman–Crippen LogP) is 6.15. The Morgan fingerprint density at radius 1 is 0.679 bits per heavy atom. The summed E-state index contributed by atoms with van der Waals surface area (Å²) in [6, 6.07) is 33.4. The summed E-state index contributed by atoms with van der Waals surface area (Å²) in [6.07, 6.45) is 1.72. The Morgan fingerprint density at radius 3 is 1.50 bits per heavy atom. The highest BCUT2D eigenvalue weighted by atomic mass is 127. The SMILES string of the molecule is Clc1nccc(I)c1N=P(c1ccccc1)(c1ccccc1)c1ccccc1. The van der Waals surface area contributed by atoms with Gasteiger partial charge in [-0.2, -0.15) is 0 Å². The Kier molecular flexibility index (Phi) is 5.96. The molecule has 4 aromatic rings. The fourth-order valence-corrected chi connectivity index (χ4v) is 7.90. The van der Waals surface area contributed by atoms with E-state index in [0.717, 1.165) is 9.26 Å². The molecule has 0 fully saturated rings. The number of hydrogen-bond acceptors (Lipinski definition) is 2. The molecule has 2 nitrogen and oxygen atoms in total. The minimum absolute atomic E-state index is 0.430. The van der Waals surface area contributed by atoms with Crippen LogP contribution >= 0.6 is 41.2 Å². The first kappa shape index (κ1) is 19.4. The molecule has 0 bridgehead atoms. The largest absolute Gasteiger partial charge is 0.250 e. The molecule has 1 heterocycles. The third-order valence-electron chi connectivity index (χ3n) is 4.47. The van der Waals surface area contributed by atoms with Gasteiger partial charge in [-0.25, -0.2) is 9.73 Å². The van der Waals surface area contributed by atoms with Gasteiger partial charge >= 0.3 is 0 Å². The van der Waals surface area contributed by atoms with Crippen LogP contribution in [0.5, 0.6) is 0 Å². The molecule has 0 N–H and O–H groups in total. The summed E-state index contributed by atoms with van der Waals surface area (Å²) in [5, 5.41) is 3.98. The van der Waals surface area contributed by atoms with Gasteiger partial charge in [-0.1, -0.05) is 103 Å². The lowest BCUT2D eigenvalue weighted by Crippen LogP contribution is -2.25. The molecule has 0 aliphatic rings. The van der Waals surface area contributed by atoms with E-state index in [4.69, 9.17) is 16.3 Å². The second-order valence-corrected chi connectivity index (χ2v) is 10.7. The highest BCUT2D eigenvalue weighted by molar-refractivity contribution is 14.1. The van der Waals surface area contributed by atoms with Crippen LogP contribution in [0.4, 0.5) is 5.69 Å². The highest BCUT2D eigenvalue weighted by Crippen LogP contribution is 2.50. The molecule has 0 aliphatic carbocycles. The first-order valence-corrected chi connectivity index (χ1v) is 12.0. The molecule has 0 radical (unpaired) electrons. The maximum absolute atomic E-state index is 6.51. The van der Waals surface area contributed by atoms with Crippen molar-refractivity contribution in [2.45, 2.75) is 0 Å². The zero-order valence-corrected chi connectivity index (χ0v) is 18.7. The van der Waals surface area contributed by atoms with E-state index in [2.05, 4.69) is 100 Å². The van der Waals surface area contributed by atoms with E-state index in [1.807, 2.05) is 24.3 Å². The lowest BCUT2D eigenvalue weighted by molar-refractivity contribution is 1.29. The molecule has 1 aromatic heterocycles. The van der Waals surface area contributed by atoms with Crippen LogP contribution in [0.1, 0.15) is 0 Å². The summed E-state index contributed by atoms with van der Waals surface area (Å²) < 4.78 is 6.40. The number of pyridine rings is 1. The zero-order chi connectivity index (χ0) is 19.4. The maximum Gasteiger partial charge on any atom is 0.155 e. The third kappa shape index (κ3) is 3.67. The van der Waals surface area contributed by atoms with Crippen molar-refractivity contribution >= 4 is 62.8 Å². The van der Waals surface area contributed by atoms with Gasteiger partial charge in [-0.05, 0) is 28.7 Å². The van der Waals surface area contributed by atoms with Gasteiger partial charge in [0, 0.05) is 25.7 Å². The van der Waals surface area contributed by atoms with Gasteiger partial charge < -0.3 is 0 Å². The number of halogens is 2.